The molecule has 0 bridgehead atoms. The molecule has 88 valence electrons. The molecule has 0 aliphatic heterocycles. The van der Waals surface area contributed by atoms with Gasteiger partial charge in [0.25, 0.3) is 0 Å². The number of benzene rings is 1. The highest BCUT2D eigenvalue weighted by Crippen LogP contribution is 2.57. The number of rotatable bonds is 1. The fourth-order valence-corrected chi connectivity index (χ4v) is 3.37. The maximum atomic E-state index is 10.7. The second-order valence-electron chi connectivity index (χ2n) is 5.32. The summed E-state index contributed by atoms with van der Waals surface area (Å²) < 4.78 is 1.09. The lowest BCUT2D eigenvalue weighted by molar-refractivity contribution is -0.0220. The van der Waals surface area contributed by atoms with Crippen molar-refractivity contribution in [3.05, 3.63) is 33.8 Å². The van der Waals surface area contributed by atoms with Crippen LogP contribution in [0.25, 0.3) is 0 Å². The molecule has 3 heteroatoms. The summed E-state index contributed by atoms with van der Waals surface area (Å²) in [5.41, 5.74) is 1.24. The summed E-state index contributed by atoms with van der Waals surface area (Å²) in [6.07, 6.45) is 3.92. The Morgan fingerprint density at radius 3 is 2.65 bits per heavy atom. The number of hydrogen-bond acceptors (Lipinski definition) is 2. The van der Waals surface area contributed by atoms with E-state index in [-0.39, 0.29) is 0 Å². The predicted octanol–water partition coefficient (Wildman–Crippen LogP) is 2.97. The third kappa shape index (κ3) is 1.63. The van der Waals surface area contributed by atoms with Gasteiger partial charge in [0.1, 0.15) is 0 Å². The minimum atomic E-state index is -0.803. The molecule has 1 aromatic carbocycles. The maximum Gasteiger partial charge on any atom is 0.0876 e. The van der Waals surface area contributed by atoms with Crippen molar-refractivity contribution in [2.75, 3.05) is 0 Å². The van der Waals surface area contributed by atoms with Crippen molar-refractivity contribution in [2.24, 2.45) is 5.41 Å². The van der Waals surface area contributed by atoms with Crippen LogP contribution in [0.5, 0.6) is 0 Å². The average Bonchev–Trinajstić information content (AvgIpc) is 3.11. The highest BCUT2D eigenvalue weighted by molar-refractivity contribution is 9.10. The highest BCUT2D eigenvalue weighted by Gasteiger charge is 2.59. The molecule has 2 nitrogen and oxygen atoms in total. The molecular formula is C14H14BrNO. The van der Waals surface area contributed by atoms with E-state index in [0.717, 1.165) is 23.7 Å². The highest BCUT2D eigenvalue weighted by atomic mass is 79.9. The zero-order valence-electron chi connectivity index (χ0n) is 9.54. The van der Waals surface area contributed by atoms with Crippen LogP contribution in [0.3, 0.4) is 0 Å². The lowest BCUT2D eigenvalue weighted by Gasteiger charge is -2.37. The Labute approximate surface area is 109 Å². The minimum Gasteiger partial charge on any atom is -0.388 e. The van der Waals surface area contributed by atoms with Gasteiger partial charge >= 0.3 is 0 Å². The summed E-state index contributed by atoms with van der Waals surface area (Å²) in [6.45, 7) is 0. The van der Waals surface area contributed by atoms with Crippen LogP contribution < -0.4 is 0 Å². The smallest absolute Gasteiger partial charge is 0.0876 e. The van der Waals surface area contributed by atoms with Crippen LogP contribution in [0.15, 0.2) is 22.7 Å². The molecule has 1 saturated carbocycles. The number of hydrogen-bond donors (Lipinski definition) is 1. The first kappa shape index (κ1) is 11.3. The summed E-state index contributed by atoms with van der Waals surface area (Å²) in [5, 5.41) is 20.0. The van der Waals surface area contributed by atoms with E-state index < -0.39 is 11.0 Å². The Kier molecular flexibility index (Phi) is 2.36. The van der Waals surface area contributed by atoms with Gasteiger partial charge in [-0.05, 0) is 48.9 Å². The van der Waals surface area contributed by atoms with E-state index in [1.165, 1.54) is 11.1 Å². The standard InChI is InChI=1S/C14H14BrNO/c15-12-2-1-11-8-14(17,4-3-10(11)7-12)13(9-16)5-6-13/h1-2,7,17H,3-6,8H2. The van der Waals surface area contributed by atoms with E-state index in [2.05, 4.69) is 34.1 Å². The number of aryl methyl sites for hydroxylation is 1. The first-order valence-corrected chi connectivity index (χ1v) is 6.79. The van der Waals surface area contributed by atoms with Crippen LogP contribution in [-0.2, 0) is 12.8 Å². The number of aliphatic hydroxyl groups is 1. The molecule has 0 heterocycles. The van der Waals surface area contributed by atoms with Gasteiger partial charge in [-0.15, -0.1) is 0 Å². The molecule has 1 unspecified atom stereocenters. The van der Waals surface area contributed by atoms with Crippen molar-refractivity contribution in [2.45, 2.75) is 37.7 Å². The molecule has 1 aromatic rings. The molecule has 0 amide bonds. The van der Waals surface area contributed by atoms with Crippen molar-refractivity contribution in [3.63, 3.8) is 0 Å². The minimum absolute atomic E-state index is 0.461. The van der Waals surface area contributed by atoms with Gasteiger partial charge in [0.2, 0.25) is 0 Å². The van der Waals surface area contributed by atoms with E-state index >= 15 is 0 Å². The van der Waals surface area contributed by atoms with Gasteiger partial charge < -0.3 is 5.11 Å². The lowest BCUT2D eigenvalue weighted by Crippen LogP contribution is -2.44. The van der Waals surface area contributed by atoms with Crippen molar-refractivity contribution in [1.82, 2.24) is 0 Å². The Morgan fingerprint density at radius 1 is 1.24 bits per heavy atom. The van der Waals surface area contributed by atoms with Gasteiger partial charge in [0.15, 0.2) is 0 Å². The summed E-state index contributed by atoms with van der Waals surface area (Å²) in [4.78, 5) is 0. The topological polar surface area (TPSA) is 44.0 Å². The fraction of sp³-hybridized carbons (Fsp3) is 0.500. The predicted molar refractivity (Wildman–Crippen MR) is 68.4 cm³/mol. The molecule has 2 aliphatic carbocycles. The molecule has 1 N–H and O–H groups in total. The molecule has 0 radical (unpaired) electrons. The zero-order chi connectivity index (χ0) is 12.1. The van der Waals surface area contributed by atoms with Crippen molar-refractivity contribution in [3.8, 4) is 6.07 Å². The number of nitrogens with zero attached hydrogens (tertiary/aromatic N) is 1. The van der Waals surface area contributed by atoms with Gasteiger partial charge in [0.05, 0.1) is 17.1 Å². The van der Waals surface area contributed by atoms with E-state index in [1.807, 2.05) is 6.07 Å². The number of halogens is 1. The number of fused-ring (bicyclic) bond motifs is 1. The van der Waals surface area contributed by atoms with Gasteiger partial charge in [-0.2, -0.15) is 5.26 Å². The van der Waals surface area contributed by atoms with Crippen LogP contribution >= 0.6 is 15.9 Å². The Balaban J connectivity index is 1.96. The Bertz CT molecular complexity index is 515. The summed E-state index contributed by atoms with van der Waals surface area (Å²) in [7, 11) is 0. The quantitative estimate of drug-likeness (QED) is 0.864. The van der Waals surface area contributed by atoms with E-state index in [1.54, 1.807) is 0 Å². The van der Waals surface area contributed by atoms with Gasteiger partial charge in [0, 0.05) is 10.9 Å². The van der Waals surface area contributed by atoms with Crippen molar-refractivity contribution in [1.29, 1.82) is 5.26 Å². The Hall–Kier alpha value is -0.850. The van der Waals surface area contributed by atoms with Crippen LogP contribution in [-0.4, -0.2) is 10.7 Å². The molecule has 2 aliphatic rings. The molecule has 17 heavy (non-hydrogen) atoms. The molecule has 1 atom stereocenters. The zero-order valence-corrected chi connectivity index (χ0v) is 11.1. The normalized spacial score (nSPS) is 29.2. The largest absolute Gasteiger partial charge is 0.388 e. The number of nitriles is 1. The monoisotopic (exact) mass is 291 g/mol. The molecular weight excluding hydrogens is 278 g/mol. The van der Waals surface area contributed by atoms with Gasteiger partial charge in [-0.3, -0.25) is 0 Å². The SMILES string of the molecule is N#CC1(C2(O)CCc3cc(Br)ccc3C2)CC1. The molecule has 0 saturated heterocycles. The average molecular weight is 292 g/mol. The van der Waals surface area contributed by atoms with Crippen LogP contribution in [0.2, 0.25) is 0 Å². The summed E-state index contributed by atoms with van der Waals surface area (Å²) in [6, 6.07) is 8.55. The summed E-state index contributed by atoms with van der Waals surface area (Å²) in [5.74, 6) is 0. The molecule has 0 aromatic heterocycles. The van der Waals surface area contributed by atoms with Crippen molar-refractivity contribution < 1.29 is 5.11 Å². The maximum absolute atomic E-state index is 10.7. The van der Waals surface area contributed by atoms with Crippen LogP contribution in [0.1, 0.15) is 30.4 Å². The first-order chi connectivity index (χ1) is 8.09. The van der Waals surface area contributed by atoms with Crippen molar-refractivity contribution >= 4 is 15.9 Å². The second kappa shape index (κ2) is 3.57. The van der Waals surface area contributed by atoms with Crippen LogP contribution in [0.4, 0.5) is 0 Å². The third-order valence-electron chi connectivity index (χ3n) is 4.31. The Morgan fingerprint density at radius 2 is 2.00 bits per heavy atom. The summed E-state index contributed by atoms with van der Waals surface area (Å²) >= 11 is 3.47. The van der Waals surface area contributed by atoms with Gasteiger partial charge in [-0.1, -0.05) is 22.0 Å². The lowest BCUT2D eigenvalue weighted by atomic mass is 9.72. The molecule has 3 rings (SSSR count). The van der Waals surface area contributed by atoms with Gasteiger partial charge in [-0.25, -0.2) is 0 Å². The van der Waals surface area contributed by atoms with E-state index in [9.17, 15) is 10.4 Å². The second-order valence-corrected chi connectivity index (χ2v) is 6.23. The molecule has 1 fully saturated rings. The van der Waals surface area contributed by atoms with E-state index in [4.69, 9.17) is 0 Å². The van der Waals surface area contributed by atoms with E-state index in [0.29, 0.717) is 12.8 Å². The fourth-order valence-electron chi connectivity index (χ4n) is 2.96. The first-order valence-electron chi connectivity index (χ1n) is 6.00. The van der Waals surface area contributed by atoms with Crippen LogP contribution in [0, 0.1) is 16.7 Å². The molecule has 0 spiro atoms. The third-order valence-corrected chi connectivity index (χ3v) is 4.81.